The first-order valence-corrected chi connectivity index (χ1v) is 12.8. The lowest BCUT2D eigenvalue weighted by molar-refractivity contribution is -0.384. The average molecular weight is 671 g/mol. The van der Waals surface area contributed by atoms with Crippen LogP contribution >= 0.6 is 31.9 Å². The van der Waals surface area contributed by atoms with E-state index in [9.17, 15) is 29.3 Å². The highest BCUT2D eigenvalue weighted by Gasteiger charge is 2.37. The maximum Gasteiger partial charge on any atom is 0.336 e. The number of nitro groups is 1. The molecule has 0 saturated carbocycles. The number of barbiturate groups is 1. The zero-order valence-electron chi connectivity index (χ0n) is 20.4. The highest BCUT2D eigenvalue weighted by Crippen LogP contribution is 2.35. The van der Waals surface area contributed by atoms with Crippen LogP contribution in [0.5, 0.6) is 11.5 Å². The normalized spacial score (nSPS) is 14.4. The largest absolute Gasteiger partial charge is 0.497 e. The Morgan fingerprint density at radius 2 is 1.80 bits per heavy atom. The van der Waals surface area contributed by atoms with Gasteiger partial charge in [0.25, 0.3) is 17.5 Å². The van der Waals surface area contributed by atoms with Crippen LogP contribution in [0.3, 0.4) is 0 Å². The van der Waals surface area contributed by atoms with Crippen molar-refractivity contribution in [1.82, 2.24) is 5.32 Å². The number of rotatable bonds is 7. The van der Waals surface area contributed by atoms with Crippen LogP contribution in [0.2, 0.25) is 0 Å². The third-order valence-corrected chi connectivity index (χ3v) is 6.49. The topological polar surface area (TPSA) is 145 Å². The maximum absolute atomic E-state index is 13.3. The fourth-order valence-electron chi connectivity index (χ4n) is 3.63. The van der Waals surface area contributed by atoms with E-state index in [1.165, 1.54) is 55.7 Å². The summed E-state index contributed by atoms with van der Waals surface area (Å²) >= 11 is 6.65. The molecule has 0 spiro atoms. The molecule has 1 fully saturated rings. The van der Waals surface area contributed by atoms with E-state index in [0.717, 1.165) is 11.0 Å². The second kappa shape index (κ2) is 12.1. The van der Waals surface area contributed by atoms with Gasteiger partial charge >= 0.3 is 12.0 Å². The minimum Gasteiger partial charge on any atom is -0.497 e. The number of benzene rings is 3. The number of halogens is 2. The van der Waals surface area contributed by atoms with Crippen LogP contribution in [0.4, 0.5) is 16.2 Å². The molecule has 1 saturated heterocycles. The third kappa shape index (κ3) is 6.33. The molecule has 4 amide bonds. The van der Waals surface area contributed by atoms with Crippen molar-refractivity contribution in [1.29, 1.82) is 0 Å². The average Bonchev–Trinajstić information content (AvgIpc) is 2.91. The van der Waals surface area contributed by atoms with Gasteiger partial charge in [-0.15, -0.1) is 0 Å². The van der Waals surface area contributed by atoms with Gasteiger partial charge in [-0.3, -0.25) is 25.0 Å². The summed E-state index contributed by atoms with van der Waals surface area (Å²) in [6.07, 6.45) is 3.61. The van der Waals surface area contributed by atoms with Crippen LogP contribution < -0.4 is 19.7 Å². The van der Waals surface area contributed by atoms with Gasteiger partial charge in [0.05, 0.1) is 22.2 Å². The summed E-state index contributed by atoms with van der Waals surface area (Å²) in [5.74, 6) is -2.30. The summed E-state index contributed by atoms with van der Waals surface area (Å²) in [4.78, 5) is 62.5. The van der Waals surface area contributed by atoms with E-state index in [-0.39, 0.29) is 22.7 Å². The lowest BCUT2D eigenvalue weighted by Crippen LogP contribution is -2.54. The molecule has 0 unspecified atom stereocenters. The number of anilines is 1. The van der Waals surface area contributed by atoms with Crippen molar-refractivity contribution in [2.75, 3.05) is 12.0 Å². The maximum atomic E-state index is 13.3. The number of imide groups is 2. The number of nitro benzene ring substituents is 1. The Morgan fingerprint density at radius 1 is 1.05 bits per heavy atom. The highest BCUT2D eigenvalue weighted by molar-refractivity contribution is 9.11. The summed E-state index contributed by atoms with van der Waals surface area (Å²) in [7, 11) is 1.43. The molecule has 1 N–H and O–H groups in total. The second-order valence-electron chi connectivity index (χ2n) is 8.07. The number of urea groups is 1. The lowest BCUT2D eigenvalue weighted by atomic mass is 10.1. The van der Waals surface area contributed by atoms with E-state index in [2.05, 4.69) is 37.2 Å². The summed E-state index contributed by atoms with van der Waals surface area (Å²) in [6, 6.07) is 14.0. The molecule has 0 atom stereocenters. The highest BCUT2D eigenvalue weighted by atomic mass is 79.9. The standard InChI is InChI=1S/C27H17Br2N3O8/c1-39-20-7-3-5-18(14-20)31-26(35)21(25(34)30-27(31)36)12-16-11-17(28)13-22(29)24(16)40-23(33)9-8-15-4-2-6-19(10-15)32(37)38/h2-14H,1H3,(H,30,34,36)/b9-8+,21-12-. The molecular formula is C27H17Br2N3O8. The van der Waals surface area contributed by atoms with Gasteiger partial charge in [-0.2, -0.15) is 0 Å². The minimum absolute atomic E-state index is 0.0187. The van der Waals surface area contributed by atoms with Crippen LogP contribution in [0, 0.1) is 10.1 Å². The molecule has 3 aromatic carbocycles. The van der Waals surface area contributed by atoms with Crippen molar-refractivity contribution in [2.45, 2.75) is 0 Å². The van der Waals surface area contributed by atoms with Gasteiger partial charge in [0, 0.05) is 34.3 Å². The van der Waals surface area contributed by atoms with Crippen molar-refractivity contribution in [2.24, 2.45) is 0 Å². The van der Waals surface area contributed by atoms with Crippen LogP contribution in [0.25, 0.3) is 12.2 Å². The molecule has 0 aromatic heterocycles. The number of carbonyl (C=O) groups is 4. The smallest absolute Gasteiger partial charge is 0.336 e. The van der Waals surface area contributed by atoms with E-state index in [0.29, 0.717) is 20.3 Å². The third-order valence-electron chi connectivity index (χ3n) is 5.45. The minimum atomic E-state index is -0.937. The quantitative estimate of drug-likeness (QED) is 0.0877. The number of ether oxygens (including phenoxy) is 2. The Bertz CT molecular complexity index is 1630. The van der Waals surface area contributed by atoms with Gasteiger partial charge in [0.15, 0.2) is 5.75 Å². The summed E-state index contributed by atoms with van der Waals surface area (Å²) in [5.41, 5.74) is 0.203. The number of hydrogen-bond acceptors (Lipinski definition) is 8. The first-order valence-electron chi connectivity index (χ1n) is 11.3. The Labute approximate surface area is 243 Å². The van der Waals surface area contributed by atoms with Crippen LogP contribution in [-0.2, 0) is 14.4 Å². The zero-order chi connectivity index (χ0) is 29.0. The molecular weight excluding hydrogens is 654 g/mol. The Hall–Kier alpha value is -4.62. The SMILES string of the molecule is COc1cccc(N2C(=O)NC(=O)/C(=C/c3cc(Br)cc(Br)c3OC(=O)/C=C/c3cccc([N+](=O)[O-])c3)C2=O)c1. The first kappa shape index (κ1) is 28.4. The van der Waals surface area contributed by atoms with Gasteiger partial charge in [-0.25, -0.2) is 14.5 Å². The lowest BCUT2D eigenvalue weighted by Gasteiger charge is -2.26. The van der Waals surface area contributed by atoms with Gasteiger partial charge in [0.2, 0.25) is 0 Å². The molecule has 0 aliphatic carbocycles. The van der Waals surface area contributed by atoms with E-state index < -0.39 is 34.3 Å². The second-order valence-corrected chi connectivity index (χ2v) is 9.84. The van der Waals surface area contributed by atoms with E-state index >= 15 is 0 Å². The van der Waals surface area contributed by atoms with Crippen LogP contribution in [-0.4, -0.2) is 35.8 Å². The van der Waals surface area contributed by atoms with Crippen molar-refractivity contribution < 1.29 is 33.6 Å². The molecule has 202 valence electrons. The van der Waals surface area contributed by atoms with Gasteiger partial charge < -0.3 is 9.47 Å². The Morgan fingerprint density at radius 3 is 2.52 bits per heavy atom. The van der Waals surface area contributed by atoms with E-state index in [4.69, 9.17) is 9.47 Å². The molecule has 4 rings (SSSR count). The molecule has 0 bridgehead atoms. The fraction of sp³-hybridized carbons (Fsp3) is 0.0370. The summed E-state index contributed by atoms with van der Waals surface area (Å²) < 4.78 is 11.5. The van der Waals surface area contributed by atoms with Crippen molar-refractivity contribution in [3.8, 4) is 11.5 Å². The molecule has 1 aliphatic heterocycles. The molecule has 1 aliphatic rings. The predicted octanol–water partition coefficient (Wildman–Crippen LogP) is 5.41. The van der Waals surface area contributed by atoms with Crippen LogP contribution in [0.15, 0.2) is 81.3 Å². The number of esters is 1. The number of amides is 4. The zero-order valence-corrected chi connectivity index (χ0v) is 23.6. The van der Waals surface area contributed by atoms with Gasteiger partial charge in [-0.1, -0.05) is 34.1 Å². The number of non-ortho nitro benzene ring substituents is 1. The molecule has 11 nitrogen and oxygen atoms in total. The summed E-state index contributed by atoms with van der Waals surface area (Å²) in [6.45, 7) is 0. The number of methoxy groups -OCH3 is 1. The van der Waals surface area contributed by atoms with Crippen LogP contribution in [0.1, 0.15) is 11.1 Å². The number of nitrogens with zero attached hydrogens (tertiary/aromatic N) is 2. The monoisotopic (exact) mass is 669 g/mol. The number of carbonyl (C=O) groups excluding carboxylic acids is 4. The number of nitrogens with one attached hydrogen (secondary N) is 1. The van der Waals surface area contributed by atoms with Crippen molar-refractivity contribution in [3.63, 3.8) is 0 Å². The van der Waals surface area contributed by atoms with E-state index in [1.54, 1.807) is 24.3 Å². The molecule has 0 radical (unpaired) electrons. The summed E-state index contributed by atoms with van der Waals surface area (Å²) in [5, 5.41) is 13.1. The first-order chi connectivity index (χ1) is 19.1. The molecule has 3 aromatic rings. The Kier molecular flexibility index (Phi) is 8.55. The Balaban J connectivity index is 1.67. The van der Waals surface area contributed by atoms with Gasteiger partial charge in [0.1, 0.15) is 11.3 Å². The molecule has 1 heterocycles. The van der Waals surface area contributed by atoms with Gasteiger partial charge in [-0.05, 0) is 57.9 Å². The molecule has 13 heteroatoms. The van der Waals surface area contributed by atoms with Crippen molar-refractivity contribution in [3.05, 3.63) is 102 Å². The number of hydrogen-bond donors (Lipinski definition) is 1. The van der Waals surface area contributed by atoms with E-state index in [1.807, 2.05) is 0 Å². The fourth-order valence-corrected chi connectivity index (χ4v) is 4.97. The predicted molar refractivity (Wildman–Crippen MR) is 152 cm³/mol. The molecule has 40 heavy (non-hydrogen) atoms. The van der Waals surface area contributed by atoms with Crippen molar-refractivity contribution >= 4 is 79.2 Å².